The number of hydrogen-bond donors (Lipinski definition) is 0. The van der Waals surface area contributed by atoms with Gasteiger partial charge < -0.3 is 0 Å². The van der Waals surface area contributed by atoms with Gasteiger partial charge in [-0.05, 0) is 33.8 Å². The summed E-state index contributed by atoms with van der Waals surface area (Å²) in [4.78, 5) is 15.1. The fourth-order valence-corrected chi connectivity index (χ4v) is 2.77. The Labute approximate surface area is 115 Å². The topological polar surface area (TPSA) is 20.3 Å². The van der Waals surface area contributed by atoms with Crippen LogP contribution in [0.1, 0.15) is 34.0 Å². The molecule has 108 valence electrons. The SMILES string of the molecule is Cc1cc(C(=O)CN(CC(F)(F)F)C(C)C)c(C)s1. The molecule has 0 bridgehead atoms. The number of thiophene rings is 1. The lowest BCUT2D eigenvalue weighted by Gasteiger charge is -2.26. The molecule has 1 aromatic rings. The number of carbonyl (C=O) groups excluding carboxylic acids is 1. The second kappa shape index (κ2) is 6.05. The van der Waals surface area contributed by atoms with Crippen LogP contribution in [0.5, 0.6) is 0 Å². The van der Waals surface area contributed by atoms with E-state index >= 15 is 0 Å². The molecule has 0 aromatic carbocycles. The summed E-state index contributed by atoms with van der Waals surface area (Å²) in [7, 11) is 0. The fraction of sp³-hybridized carbons (Fsp3) is 0.615. The number of alkyl halides is 3. The molecule has 0 saturated carbocycles. The highest BCUT2D eigenvalue weighted by molar-refractivity contribution is 7.12. The van der Waals surface area contributed by atoms with Gasteiger partial charge in [0, 0.05) is 21.4 Å². The Morgan fingerprint density at radius 2 is 1.95 bits per heavy atom. The lowest BCUT2D eigenvalue weighted by molar-refractivity contribution is -0.148. The maximum atomic E-state index is 12.5. The van der Waals surface area contributed by atoms with Crippen LogP contribution in [0.3, 0.4) is 0 Å². The zero-order chi connectivity index (χ0) is 14.8. The number of halogens is 3. The third-order valence-corrected chi connectivity index (χ3v) is 3.77. The Hall–Kier alpha value is -0.880. The first-order valence-corrected chi connectivity index (χ1v) is 6.83. The lowest BCUT2D eigenvalue weighted by atomic mass is 10.1. The van der Waals surface area contributed by atoms with Gasteiger partial charge in [-0.15, -0.1) is 11.3 Å². The van der Waals surface area contributed by atoms with E-state index in [0.717, 1.165) is 14.7 Å². The van der Waals surface area contributed by atoms with Crippen LogP contribution in [0.4, 0.5) is 13.2 Å². The van der Waals surface area contributed by atoms with Gasteiger partial charge in [-0.2, -0.15) is 13.2 Å². The number of nitrogens with zero attached hydrogens (tertiary/aromatic N) is 1. The third-order valence-electron chi connectivity index (χ3n) is 2.80. The average molecular weight is 293 g/mol. The van der Waals surface area contributed by atoms with Crippen LogP contribution >= 0.6 is 11.3 Å². The highest BCUT2D eigenvalue weighted by Gasteiger charge is 2.32. The molecule has 0 unspecified atom stereocenters. The predicted octanol–water partition coefficient (Wildman–Crippen LogP) is 3.82. The normalized spacial score (nSPS) is 12.5. The number of aryl methyl sites for hydroxylation is 2. The van der Waals surface area contributed by atoms with Crippen molar-refractivity contribution in [3.05, 3.63) is 21.4 Å². The summed E-state index contributed by atoms with van der Waals surface area (Å²) < 4.78 is 37.4. The Kier molecular flexibility index (Phi) is 5.15. The predicted molar refractivity (Wildman–Crippen MR) is 70.9 cm³/mol. The summed E-state index contributed by atoms with van der Waals surface area (Å²) in [6.45, 7) is 5.75. The molecule has 0 aliphatic rings. The molecular formula is C13H18F3NOS. The van der Waals surface area contributed by atoms with Gasteiger partial charge in [0.05, 0.1) is 13.1 Å². The van der Waals surface area contributed by atoms with Crippen molar-refractivity contribution >= 4 is 17.1 Å². The van der Waals surface area contributed by atoms with Crippen LogP contribution in [0.2, 0.25) is 0 Å². The standard InChI is InChI=1S/C13H18F3NOS/c1-8(2)17(7-13(14,15)16)6-12(18)11-5-9(3)19-10(11)4/h5,8H,6-7H2,1-4H3. The molecular weight excluding hydrogens is 275 g/mol. The van der Waals surface area contributed by atoms with E-state index in [9.17, 15) is 18.0 Å². The zero-order valence-corrected chi connectivity index (χ0v) is 12.3. The Balaban J connectivity index is 2.80. The minimum absolute atomic E-state index is 0.200. The minimum atomic E-state index is -4.29. The summed E-state index contributed by atoms with van der Waals surface area (Å²) in [5.41, 5.74) is 0.537. The number of ketones is 1. The molecule has 2 nitrogen and oxygen atoms in total. The molecule has 0 aliphatic carbocycles. The van der Waals surface area contributed by atoms with Crippen LogP contribution in [-0.4, -0.2) is 36.0 Å². The summed E-state index contributed by atoms with van der Waals surface area (Å²) in [5.74, 6) is -0.250. The summed E-state index contributed by atoms with van der Waals surface area (Å²) in [6.07, 6.45) is -4.29. The van der Waals surface area contributed by atoms with Crippen molar-refractivity contribution in [2.45, 2.75) is 39.9 Å². The molecule has 0 saturated heterocycles. The molecule has 1 aromatic heterocycles. The second-order valence-electron chi connectivity index (χ2n) is 4.86. The zero-order valence-electron chi connectivity index (χ0n) is 11.5. The number of hydrogen-bond acceptors (Lipinski definition) is 3. The number of Topliss-reactive ketones (excluding diaryl/α,β-unsaturated/α-hetero) is 1. The van der Waals surface area contributed by atoms with E-state index < -0.39 is 12.7 Å². The van der Waals surface area contributed by atoms with Crippen molar-refractivity contribution in [2.24, 2.45) is 0 Å². The lowest BCUT2D eigenvalue weighted by Crippen LogP contribution is -2.42. The molecule has 1 heterocycles. The first kappa shape index (κ1) is 16.2. The molecule has 0 radical (unpaired) electrons. The van der Waals surface area contributed by atoms with Crippen LogP contribution in [0.25, 0.3) is 0 Å². The quantitative estimate of drug-likeness (QED) is 0.769. The van der Waals surface area contributed by atoms with Crippen molar-refractivity contribution < 1.29 is 18.0 Å². The van der Waals surface area contributed by atoms with Crippen LogP contribution < -0.4 is 0 Å². The monoisotopic (exact) mass is 293 g/mol. The molecule has 0 atom stereocenters. The second-order valence-corrected chi connectivity index (χ2v) is 6.32. The van der Waals surface area contributed by atoms with Crippen molar-refractivity contribution in [3.63, 3.8) is 0 Å². The van der Waals surface area contributed by atoms with Crippen molar-refractivity contribution in [1.29, 1.82) is 0 Å². The van der Waals surface area contributed by atoms with Gasteiger partial charge in [0.2, 0.25) is 0 Å². The minimum Gasteiger partial charge on any atom is -0.293 e. The molecule has 1 rings (SSSR count). The Morgan fingerprint density at radius 1 is 1.37 bits per heavy atom. The van der Waals surface area contributed by atoms with Gasteiger partial charge in [0.25, 0.3) is 0 Å². The third kappa shape index (κ3) is 4.95. The van der Waals surface area contributed by atoms with E-state index in [0.29, 0.717) is 5.56 Å². The summed E-state index contributed by atoms with van der Waals surface area (Å²) in [5, 5.41) is 0. The van der Waals surface area contributed by atoms with Gasteiger partial charge in [0.15, 0.2) is 5.78 Å². The van der Waals surface area contributed by atoms with Crippen LogP contribution in [-0.2, 0) is 0 Å². The smallest absolute Gasteiger partial charge is 0.293 e. The maximum absolute atomic E-state index is 12.5. The highest BCUT2D eigenvalue weighted by Crippen LogP contribution is 2.23. The van der Waals surface area contributed by atoms with Gasteiger partial charge in [-0.3, -0.25) is 9.69 Å². The van der Waals surface area contributed by atoms with Crippen molar-refractivity contribution in [2.75, 3.05) is 13.1 Å². The van der Waals surface area contributed by atoms with E-state index in [1.807, 2.05) is 13.8 Å². The van der Waals surface area contributed by atoms with Crippen LogP contribution in [0, 0.1) is 13.8 Å². The first-order valence-electron chi connectivity index (χ1n) is 6.01. The first-order chi connectivity index (χ1) is 8.60. The van der Waals surface area contributed by atoms with Crippen molar-refractivity contribution in [1.82, 2.24) is 4.90 Å². The maximum Gasteiger partial charge on any atom is 0.401 e. The van der Waals surface area contributed by atoms with E-state index in [1.54, 1.807) is 19.9 Å². The average Bonchev–Trinajstić information content (AvgIpc) is 2.54. The highest BCUT2D eigenvalue weighted by atomic mass is 32.1. The van der Waals surface area contributed by atoms with E-state index in [1.165, 1.54) is 11.3 Å². The van der Waals surface area contributed by atoms with Gasteiger partial charge >= 0.3 is 6.18 Å². The Morgan fingerprint density at radius 3 is 2.32 bits per heavy atom. The van der Waals surface area contributed by atoms with E-state index in [-0.39, 0.29) is 18.4 Å². The molecule has 0 N–H and O–H groups in total. The molecule has 6 heteroatoms. The molecule has 19 heavy (non-hydrogen) atoms. The fourth-order valence-electron chi connectivity index (χ4n) is 1.83. The van der Waals surface area contributed by atoms with E-state index in [2.05, 4.69) is 0 Å². The van der Waals surface area contributed by atoms with Crippen LogP contribution in [0.15, 0.2) is 6.07 Å². The molecule has 0 fully saturated rings. The molecule has 0 amide bonds. The van der Waals surface area contributed by atoms with Gasteiger partial charge in [-0.1, -0.05) is 0 Å². The Bertz CT molecular complexity index is 451. The summed E-state index contributed by atoms with van der Waals surface area (Å²) >= 11 is 1.48. The van der Waals surface area contributed by atoms with E-state index in [4.69, 9.17) is 0 Å². The number of carbonyl (C=O) groups is 1. The van der Waals surface area contributed by atoms with Gasteiger partial charge in [-0.25, -0.2) is 0 Å². The number of rotatable bonds is 5. The molecule has 0 spiro atoms. The molecule has 0 aliphatic heterocycles. The van der Waals surface area contributed by atoms with Crippen molar-refractivity contribution in [3.8, 4) is 0 Å². The van der Waals surface area contributed by atoms with Gasteiger partial charge in [0.1, 0.15) is 0 Å². The largest absolute Gasteiger partial charge is 0.401 e. The summed E-state index contributed by atoms with van der Waals surface area (Å²) in [6, 6.07) is 1.42.